The van der Waals surface area contributed by atoms with Gasteiger partial charge in [0.1, 0.15) is 11.3 Å². The number of carbonyl (C=O) groups excluding carboxylic acids is 2. The van der Waals surface area contributed by atoms with Crippen LogP contribution in [0.5, 0.6) is 0 Å². The first-order chi connectivity index (χ1) is 18.1. The Morgan fingerprint density at radius 2 is 1.46 bits per heavy atom. The van der Waals surface area contributed by atoms with Crippen molar-refractivity contribution in [1.82, 2.24) is 14.5 Å². The van der Waals surface area contributed by atoms with Gasteiger partial charge in [-0.25, -0.2) is 14.9 Å². The molecule has 0 unspecified atom stereocenters. The molecule has 3 heterocycles. The number of nitrogens with zero attached hydrogens (tertiary/aromatic N) is 4. The van der Waals surface area contributed by atoms with E-state index in [1.54, 1.807) is 24.3 Å². The van der Waals surface area contributed by atoms with Gasteiger partial charge < -0.3 is 9.67 Å². The highest BCUT2D eigenvalue weighted by molar-refractivity contribution is 6.35. The number of aliphatic hydroxyl groups is 1. The van der Waals surface area contributed by atoms with Crippen LogP contribution in [0.1, 0.15) is 57.4 Å². The Hall–Kier alpha value is -4.36. The number of benzene rings is 3. The minimum atomic E-state index is -0.381. The van der Waals surface area contributed by atoms with E-state index in [0.717, 1.165) is 47.1 Å². The van der Waals surface area contributed by atoms with Crippen molar-refractivity contribution in [3.63, 3.8) is 0 Å². The summed E-state index contributed by atoms with van der Waals surface area (Å²) in [4.78, 5) is 37.8. The fourth-order valence-electron chi connectivity index (χ4n) is 5.03. The van der Waals surface area contributed by atoms with E-state index in [4.69, 9.17) is 9.97 Å². The summed E-state index contributed by atoms with van der Waals surface area (Å²) in [5.74, 6) is 0.397. The molecule has 37 heavy (non-hydrogen) atoms. The average molecular weight is 491 g/mol. The Labute approximate surface area is 214 Å². The van der Waals surface area contributed by atoms with E-state index < -0.39 is 0 Å². The molecule has 1 N–H and O–H groups in total. The van der Waals surface area contributed by atoms with Crippen molar-refractivity contribution in [1.29, 1.82) is 0 Å². The summed E-state index contributed by atoms with van der Waals surface area (Å²) in [6.07, 6.45) is 2.73. The van der Waals surface area contributed by atoms with Crippen LogP contribution in [0.4, 0.5) is 5.82 Å². The van der Waals surface area contributed by atoms with Gasteiger partial charge in [-0.1, -0.05) is 67.9 Å². The Morgan fingerprint density at radius 1 is 0.811 bits per heavy atom. The molecule has 7 nitrogen and oxygen atoms in total. The van der Waals surface area contributed by atoms with E-state index in [-0.39, 0.29) is 24.2 Å². The minimum absolute atomic E-state index is 0.00398. The Balaban J connectivity index is 1.59. The molecule has 0 aliphatic carbocycles. The maximum Gasteiger partial charge on any atom is 0.267 e. The minimum Gasteiger partial charge on any atom is -0.392 e. The standard InChI is InChI=1S/C30H26N4O3/c1-2-3-12-25-32-26-27(33(25)17-19-13-15-20(18-35)16-14-19)23-10-6-7-11-24(23)31-28(26)34-29(36)21-8-4-5-9-22(21)30(34)37/h4-11,13-16,35H,2-3,12,17-18H2,1H3. The van der Waals surface area contributed by atoms with Crippen LogP contribution in [0, 0.1) is 0 Å². The summed E-state index contributed by atoms with van der Waals surface area (Å²) >= 11 is 0. The van der Waals surface area contributed by atoms with Crippen LogP contribution in [0.25, 0.3) is 21.9 Å². The summed E-state index contributed by atoms with van der Waals surface area (Å²) in [5.41, 5.74) is 4.78. The first kappa shape index (κ1) is 23.1. The van der Waals surface area contributed by atoms with Crippen molar-refractivity contribution >= 4 is 39.6 Å². The lowest BCUT2D eigenvalue weighted by Gasteiger charge is -2.16. The zero-order valence-electron chi connectivity index (χ0n) is 20.5. The molecule has 7 heteroatoms. The van der Waals surface area contributed by atoms with Crippen LogP contribution in [0.15, 0.2) is 72.8 Å². The zero-order chi connectivity index (χ0) is 25.5. The molecule has 0 bridgehead atoms. The van der Waals surface area contributed by atoms with Gasteiger partial charge in [0, 0.05) is 18.4 Å². The van der Waals surface area contributed by atoms with Gasteiger partial charge in [0.25, 0.3) is 11.8 Å². The van der Waals surface area contributed by atoms with Crippen LogP contribution in [0.3, 0.4) is 0 Å². The summed E-state index contributed by atoms with van der Waals surface area (Å²) in [5, 5.41) is 10.4. The number of aliphatic hydroxyl groups excluding tert-OH is 1. The van der Waals surface area contributed by atoms with Gasteiger partial charge in [-0.3, -0.25) is 9.59 Å². The number of anilines is 1. The Bertz CT molecular complexity index is 1640. The van der Waals surface area contributed by atoms with Crippen LogP contribution in [0.2, 0.25) is 0 Å². The van der Waals surface area contributed by atoms with Gasteiger partial charge in [-0.2, -0.15) is 0 Å². The molecule has 2 aromatic heterocycles. The molecule has 0 saturated heterocycles. The normalized spacial score (nSPS) is 13.2. The number of imide groups is 1. The first-order valence-electron chi connectivity index (χ1n) is 12.5. The van der Waals surface area contributed by atoms with Crippen molar-refractivity contribution in [2.24, 2.45) is 0 Å². The maximum atomic E-state index is 13.4. The number of rotatable bonds is 7. The monoisotopic (exact) mass is 490 g/mol. The second-order valence-corrected chi connectivity index (χ2v) is 9.33. The van der Waals surface area contributed by atoms with Crippen molar-refractivity contribution in [3.05, 3.63) is 101 Å². The molecule has 5 aromatic rings. The molecule has 0 spiro atoms. The fourth-order valence-corrected chi connectivity index (χ4v) is 5.03. The van der Waals surface area contributed by atoms with E-state index >= 15 is 0 Å². The molecule has 2 amide bonds. The Kier molecular flexibility index (Phi) is 5.77. The van der Waals surface area contributed by atoms with Crippen molar-refractivity contribution < 1.29 is 14.7 Å². The molecule has 3 aromatic carbocycles. The van der Waals surface area contributed by atoms with E-state index in [1.807, 2.05) is 48.5 Å². The van der Waals surface area contributed by atoms with Crippen LogP contribution in [-0.4, -0.2) is 31.5 Å². The highest BCUT2D eigenvalue weighted by Gasteiger charge is 2.39. The quantitative estimate of drug-likeness (QED) is 0.314. The van der Waals surface area contributed by atoms with E-state index in [1.165, 1.54) is 4.90 Å². The largest absolute Gasteiger partial charge is 0.392 e. The fraction of sp³-hybridized carbons (Fsp3) is 0.200. The van der Waals surface area contributed by atoms with Crippen molar-refractivity contribution in [2.45, 2.75) is 39.3 Å². The number of pyridine rings is 1. The third kappa shape index (κ3) is 3.79. The molecule has 184 valence electrons. The van der Waals surface area contributed by atoms with Crippen LogP contribution < -0.4 is 4.90 Å². The number of aromatic nitrogens is 3. The number of hydrogen-bond donors (Lipinski definition) is 1. The predicted molar refractivity (Wildman–Crippen MR) is 143 cm³/mol. The van der Waals surface area contributed by atoms with Gasteiger partial charge in [0.05, 0.1) is 28.8 Å². The van der Waals surface area contributed by atoms with Crippen molar-refractivity contribution in [2.75, 3.05) is 4.90 Å². The molecule has 1 aliphatic rings. The van der Waals surface area contributed by atoms with Crippen molar-refractivity contribution in [3.8, 4) is 0 Å². The average Bonchev–Trinajstić information content (AvgIpc) is 3.42. The van der Waals surface area contributed by atoms with Gasteiger partial charge in [0.15, 0.2) is 5.82 Å². The number of hydrogen-bond acceptors (Lipinski definition) is 5. The summed E-state index contributed by atoms with van der Waals surface area (Å²) < 4.78 is 2.19. The lowest BCUT2D eigenvalue weighted by Crippen LogP contribution is -2.30. The smallest absolute Gasteiger partial charge is 0.267 e. The van der Waals surface area contributed by atoms with Crippen LogP contribution >= 0.6 is 0 Å². The third-order valence-corrected chi connectivity index (χ3v) is 6.95. The number of para-hydroxylation sites is 1. The molecule has 6 rings (SSSR count). The number of carbonyl (C=O) groups is 2. The lowest BCUT2D eigenvalue weighted by atomic mass is 10.1. The summed E-state index contributed by atoms with van der Waals surface area (Å²) in [6, 6.07) is 22.5. The van der Waals surface area contributed by atoms with Gasteiger partial charge >= 0.3 is 0 Å². The van der Waals surface area contributed by atoms with E-state index in [0.29, 0.717) is 28.7 Å². The second kappa shape index (κ2) is 9.26. The highest BCUT2D eigenvalue weighted by atomic mass is 16.3. The lowest BCUT2D eigenvalue weighted by molar-refractivity contribution is 0.0925. The maximum absolute atomic E-state index is 13.4. The third-order valence-electron chi connectivity index (χ3n) is 6.95. The van der Waals surface area contributed by atoms with Gasteiger partial charge in [-0.05, 0) is 35.7 Å². The number of aryl methyl sites for hydroxylation is 1. The molecule has 0 atom stereocenters. The molecule has 0 radical (unpaired) electrons. The summed E-state index contributed by atoms with van der Waals surface area (Å²) in [6.45, 7) is 2.70. The van der Waals surface area contributed by atoms with Gasteiger partial charge in [-0.15, -0.1) is 0 Å². The number of unbranched alkanes of at least 4 members (excludes halogenated alkanes) is 1. The molecular weight excluding hydrogens is 464 g/mol. The highest BCUT2D eigenvalue weighted by Crippen LogP contribution is 2.36. The summed E-state index contributed by atoms with van der Waals surface area (Å²) in [7, 11) is 0. The molecule has 1 aliphatic heterocycles. The number of imidazole rings is 1. The predicted octanol–water partition coefficient (Wildman–Crippen LogP) is 5.27. The molecule has 0 saturated carbocycles. The zero-order valence-corrected chi connectivity index (χ0v) is 20.5. The SMILES string of the molecule is CCCCc1nc2c(N3C(=O)c4ccccc4C3=O)nc3ccccc3c2n1Cc1ccc(CO)cc1. The second-order valence-electron chi connectivity index (χ2n) is 9.33. The van der Waals surface area contributed by atoms with Crippen LogP contribution in [-0.2, 0) is 19.6 Å². The van der Waals surface area contributed by atoms with E-state index in [2.05, 4.69) is 11.5 Å². The Morgan fingerprint density at radius 3 is 2.14 bits per heavy atom. The van der Waals surface area contributed by atoms with E-state index in [9.17, 15) is 14.7 Å². The topological polar surface area (TPSA) is 88.3 Å². The molecular formula is C30H26N4O3. The number of amides is 2. The first-order valence-corrected chi connectivity index (χ1v) is 12.5. The molecule has 0 fully saturated rings. The van der Waals surface area contributed by atoms with Gasteiger partial charge in [0.2, 0.25) is 0 Å². The number of fused-ring (bicyclic) bond motifs is 4.